The van der Waals surface area contributed by atoms with Crippen molar-refractivity contribution >= 4 is 27.3 Å². The predicted molar refractivity (Wildman–Crippen MR) is 103 cm³/mol. The molecule has 0 bridgehead atoms. The largest absolute Gasteiger partial charge is 0.490 e. The Kier molecular flexibility index (Phi) is 7.96. The molecular weight excluding hydrogens is 447 g/mol. The van der Waals surface area contributed by atoms with Crippen LogP contribution in [0.25, 0.3) is 0 Å². The fourth-order valence-corrected chi connectivity index (χ4v) is 4.19. The lowest BCUT2D eigenvalue weighted by Crippen LogP contribution is -2.38. The number of carboxylic acids is 1. The van der Waals surface area contributed by atoms with E-state index in [1.807, 2.05) is 19.4 Å². The van der Waals surface area contributed by atoms with Gasteiger partial charge in [-0.15, -0.1) is 11.3 Å². The van der Waals surface area contributed by atoms with Crippen molar-refractivity contribution in [3.8, 4) is 0 Å². The second kappa shape index (κ2) is 9.85. The first-order valence-corrected chi connectivity index (χ1v) is 11.5. The maximum absolute atomic E-state index is 11.2. The number of aliphatic carboxylic acids is 1. The van der Waals surface area contributed by atoms with Crippen LogP contribution in [0.4, 0.5) is 13.2 Å². The summed E-state index contributed by atoms with van der Waals surface area (Å²) in [6.45, 7) is 4.97. The van der Waals surface area contributed by atoms with Gasteiger partial charge in [-0.25, -0.2) is 27.9 Å². The number of thiazole rings is 1. The van der Waals surface area contributed by atoms with Crippen LogP contribution in [0.5, 0.6) is 0 Å². The van der Waals surface area contributed by atoms with Crippen molar-refractivity contribution in [1.29, 1.82) is 0 Å². The molecule has 0 spiro atoms. The molecule has 2 N–H and O–H groups in total. The highest BCUT2D eigenvalue weighted by molar-refractivity contribution is 7.88. The minimum Gasteiger partial charge on any atom is -0.475 e. The van der Waals surface area contributed by atoms with Gasteiger partial charge in [-0.2, -0.15) is 13.2 Å². The van der Waals surface area contributed by atoms with E-state index in [1.165, 1.54) is 6.26 Å². The molecule has 2 aromatic rings. The zero-order chi connectivity index (χ0) is 22.5. The molecule has 0 fully saturated rings. The summed E-state index contributed by atoms with van der Waals surface area (Å²) < 4.78 is 58.9. The number of carboxylic acid groups (broad SMARTS) is 1. The third-order valence-corrected chi connectivity index (χ3v) is 5.78. The number of alkyl halides is 3. The van der Waals surface area contributed by atoms with E-state index in [9.17, 15) is 21.6 Å². The third kappa shape index (κ3) is 7.66. The zero-order valence-corrected chi connectivity index (χ0v) is 17.9. The number of hydrogen-bond acceptors (Lipinski definition) is 7. The first kappa shape index (κ1) is 24.2. The number of nitrogens with zero attached hydrogens (tertiary/aromatic N) is 4. The Morgan fingerprint density at radius 1 is 1.43 bits per heavy atom. The number of aryl methyl sites for hydroxylation is 1. The monoisotopic (exact) mass is 469 g/mol. The molecule has 0 aromatic carbocycles. The summed E-state index contributed by atoms with van der Waals surface area (Å²) in [6, 6.07) is 0.219. The zero-order valence-electron chi connectivity index (χ0n) is 16.3. The Bertz CT molecular complexity index is 958. The average molecular weight is 470 g/mol. The minimum absolute atomic E-state index is 0.219. The van der Waals surface area contributed by atoms with Crippen LogP contribution in [-0.4, -0.2) is 64.5 Å². The van der Waals surface area contributed by atoms with E-state index in [1.54, 1.807) is 11.3 Å². The maximum atomic E-state index is 11.2. The summed E-state index contributed by atoms with van der Waals surface area (Å²) in [5, 5.41) is 10.3. The van der Waals surface area contributed by atoms with Crippen LogP contribution in [0.2, 0.25) is 0 Å². The molecule has 0 saturated heterocycles. The molecule has 1 aliphatic rings. The van der Waals surface area contributed by atoms with Gasteiger partial charge < -0.3 is 9.67 Å². The van der Waals surface area contributed by atoms with Gasteiger partial charge in [0, 0.05) is 42.9 Å². The molecule has 0 aliphatic carbocycles. The van der Waals surface area contributed by atoms with Gasteiger partial charge in [0.15, 0.2) is 0 Å². The summed E-state index contributed by atoms with van der Waals surface area (Å²) in [4.78, 5) is 20.0. The number of sulfonamides is 1. The molecule has 9 nitrogen and oxygen atoms in total. The molecule has 0 radical (unpaired) electrons. The summed E-state index contributed by atoms with van der Waals surface area (Å²) in [5.41, 5.74) is 2.22. The lowest BCUT2D eigenvalue weighted by molar-refractivity contribution is -0.192. The number of halogens is 3. The Balaban J connectivity index is 0.000000396. The normalized spacial score (nSPS) is 17.2. The van der Waals surface area contributed by atoms with Crippen molar-refractivity contribution in [2.24, 2.45) is 0 Å². The predicted octanol–water partition coefficient (Wildman–Crippen LogP) is 1.78. The Morgan fingerprint density at radius 2 is 2.10 bits per heavy atom. The molecule has 1 unspecified atom stereocenters. The molecule has 168 valence electrons. The van der Waals surface area contributed by atoms with Crippen molar-refractivity contribution < 1.29 is 31.5 Å². The average Bonchev–Trinajstić information content (AvgIpc) is 3.22. The van der Waals surface area contributed by atoms with Gasteiger partial charge in [0.25, 0.3) is 0 Å². The summed E-state index contributed by atoms with van der Waals surface area (Å²) in [7, 11) is -3.15. The van der Waals surface area contributed by atoms with Gasteiger partial charge in [-0.05, 0) is 13.3 Å². The molecule has 14 heteroatoms. The first-order chi connectivity index (χ1) is 13.8. The maximum Gasteiger partial charge on any atom is 0.490 e. The Morgan fingerprint density at radius 3 is 2.63 bits per heavy atom. The highest BCUT2D eigenvalue weighted by Gasteiger charge is 2.38. The fraction of sp³-hybridized carbons (Fsp3) is 0.562. The molecule has 0 amide bonds. The van der Waals surface area contributed by atoms with Gasteiger partial charge in [-0.1, -0.05) is 0 Å². The van der Waals surface area contributed by atoms with Crippen molar-refractivity contribution in [1.82, 2.24) is 24.2 Å². The molecule has 1 atom stereocenters. The molecular formula is C16H22F3N5O4S2. The van der Waals surface area contributed by atoms with Crippen LogP contribution in [0, 0.1) is 6.92 Å². The van der Waals surface area contributed by atoms with Crippen molar-refractivity contribution in [3.05, 3.63) is 34.3 Å². The summed E-state index contributed by atoms with van der Waals surface area (Å²) in [5.74, 6) is -2.76. The van der Waals surface area contributed by atoms with Gasteiger partial charge in [-0.3, -0.25) is 4.90 Å². The number of carbonyl (C=O) groups is 1. The van der Waals surface area contributed by atoms with E-state index >= 15 is 0 Å². The summed E-state index contributed by atoms with van der Waals surface area (Å²) >= 11 is 1.68. The van der Waals surface area contributed by atoms with E-state index in [4.69, 9.17) is 9.90 Å². The molecule has 1 aliphatic heterocycles. The van der Waals surface area contributed by atoms with Crippen LogP contribution in [0.15, 0.2) is 17.9 Å². The second-order valence-electron chi connectivity index (χ2n) is 6.76. The van der Waals surface area contributed by atoms with Crippen LogP contribution in [0.1, 0.15) is 28.9 Å². The molecule has 2 aromatic heterocycles. The molecule has 3 heterocycles. The van der Waals surface area contributed by atoms with Crippen LogP contribution in [-0.2, 0) is 27.9 Å². The lowest BCUT2D eigenvalue weighted by Gasteiger charge is -2.34. The smallest absolute Gasteiger partial charge is 0.475 e. The highest BCUT2D eigenvalue weighted by atomic mass is 32.2. The lowest BCUT2D eigenvalue weighted by atomic mass is 10.1. The quantitative estimate of drug-likeness (QED) is 0.662. The van der Waals surface area contributed by atoms with E-state index in [2.05, 4.69) is 29.5 Å². The van der Waals surface area contributed by atoms with Gasteiger partial charge in [0.1, 0.15) is 5.01 Å². The molecule has 30 heavy (non-hydrogen) atoms. The SMILES string of the molecule is Cc1csc(CN2Cc3cncn3C(CCNS(C)(=O)=O)C2)n1.O=C(O)C(F)(F)F. The van der Waals surface area contributed by atoms with Crippen LogP contribution in [0.3, 0.4) is 0 Å². The fourth-order valence-electron chi connectivity index (χ4n) is 2.89. The second-order valence-corrected chi connectivity index (χ2v) is 9.53. The number of rotatable bonds is 6. The number of fused-ring (bicyclic) bond motifs is 1. The van der Waals surface area contributed by atoms with Gasteiger partial charge in [0.05, 0.1) is 24.8 Å². The highest BCUT2D eigenvalue weighted by Crippen LogP contribution is 2.25. The van der Waals surface area contributed by atoms with Crippen molar-refractivity contribution in [2.45, 2.75) is 38.7 Å². The first-order valence-electron chi connectivity index (χ1n) is 8.74. The van der Waals surface area contributed by atoms with Crippen molar-refractivity contribution in [3.63, 3.8) is 0 Å². The van der Waals surface area contributed by atoms with E-state index in [-0.39, 0.29) is 6.04 Å². The topological polar surface area (TPSA) is 117 Å². The Hall–Kier alpha value is -2.03. The number of hydrogen-bond donors (Lipinski definition) is 2. The standard InChI is InChI=1S/C14H21N5O2S2.C2HF3O2/c1-11-9-22-14(17-11)8-18-6-12(3-4-16-23(2,20)21)19-10-15-5-13(19)7-18;3-2(4,5)1(6)7/h5,9-10,12,16H,3-4,6-8H2,1-2H3;(H,6,7). The van der Waals surface area contributed by atoms with Gasteiger partial charge in [0.2, 0.25) is 10.0 Å². The summed E-state index contributed by atoms with van der Waals surface area (Å²) in [6.07, 6.45) is 0.568. The van der Waals surface area contributed by atoms with E-state index in [0.29, 0.717) is 6.54 Å². The Labute approximate surface area is 175 Å². The van der Waals surface area contributed by atoms with Crippen LogP contribution >= 0.6 is 11.3 Å². The third-order valence-electron chi connectivity index (χ3n) is 4.10. The molecule has 3 rings (SSSR count). The number of imidazole rings is 1. The van der Waals surface area contributed by atoms with E-state index in [0.717, 1.165) is 42.5 Å². The number of nitrogens with one attached hydrogen (secondary N) is 1. The minimum atomic E-state index is -5.08. The van der Waals surface area contributed by atoms with Crippen LogP contribution < -0.4 is 4.72 Å². The molecule has 0 saturated carbocycles. The van der Waals surface area contributed by atoms with Gasteiger partial charge >= 0.3 is 12.1 Å². The van der Waals surface area contributed by atoms with Crippen molar-refractivity contribution in [2.75, 3.05) is 19.3 Å². The van der Waals surface area contributed by atoms with E-state index < -0.39 is 22.2 Å². The number of aromatic nitrogens is 3.